The topological polar surface area (TPSA) is 94.0 Å². The van der Waals surface area contributed by atoms with Crippen molar-refractivity contribution in [3.05, 3.63) is 24.3 Å². The number of nitrogens with one attached hydrogen (secondary N) is 3. The van der Waals surface area contributed by atoms with E-state index < -0.39 is 6.03 Å². The molecule has 0 radical (unpaired) electrons. The predicted molar refractivity (Wildman–Crippen MR) is 58.5 cm³/mol. The maximum atomic E-state index is 11.0. The lowest BCUT2D eigenvalue weighted by Gasteiger charge is -2.05. The van der Waals surface area contributed by atoms with Crippen molar-refractivity contribution >= 4 is 23.3 Å². The molecule has 0 atom stereocenters. The highest BCUT2D eigenvalue weighted by Crippen LogP contribution is 2.13. The zero-order chi connectivity index (χ0) is 12.0. The number of nitrogens with zero attached hydrogens (tertiary/aromatic N) is 1. The summed E-state index contributed by atoms with van der Waals surface area (Å²) < 4.78 is 0. The Morgan fingerprint density at radius 3 is 2.06 bits per heavy atom. The number of nitriles is 1. The summed E-state index contributed by atoms with van der Waals surface area (Å²) in [7, 11) is 0. The summed E-state index contributed by atoms with van der Waals surface area (Å²) in [6, 6.07) is 5.91. The SMILES string of the molecule is CC(=O)Nc1ccc(NC(=O)NC#N)cc1. The maximum Gasteiger partial charge on any atom is 0.332 e. The van der Waals surface area contributed by atoms with E-state index in [1.54, 1.807) is 24.3 Å². The molecule has 1 rings (SSSR count). The van der Waals surface area contributed by atoms with Crippen molar-refractivity contribution in [3.63, 3.8) is 0 Å². The van der Waals surface area contributed by atoms with Gasteiger partial charge in [0.05, 0.1) is 0 Å². The number of carbonyl (C=O) groups is 2. The molecule has 3 N–H and O–H groups in total. The summed E-state index contributed by atoms with van der Waals surface area (Å²) in [5.74, 6) is -0.164. The van der Waals surface area contributed by atoms with Crippen molar-refractivity contribution in [1.82, 2.24) is 5.32 Å². The van der Waals surface area contributed by atoms with Gasteiger partial charge >= 0.3 is 6.03 Å². The van der Waals surface area contributed by atoms with Crippen LogP contribution in [0.25, 0.3) is 0 Å². The molecule has 0 saturated carbocycles. The normalized spacial score (nSPS) is 8.75. The Bertz CT molecular complexity index is 433. The lowest BCUT2D eigenvalue weighted by Crippen LogP contribution is -2.23. The number of urea groups is 1. The van der Waals surface area contributed by atoms with E-state index in [1.165, 1.54) is 13.1 Å². The van der Waals surface area contributed by atoms with Crippen LogP contribution in [0.15, 0.2) is 24.3 Å². The number of carbonyl (C=O) groups excluding carboxylic acids is 2. The fourth-order valence-corrected chi connectivity index (χ4v) is 1.05. The van der Waals surface area contributed by atoms with Gasteiger partial charge in [0.25, 0.3) is 0 Å². The average molecular weight is 218 g/mol. The summed E-state index contributed by atoms with van der Waals surface area (Å²) in [5.41, 5.74) is 1.17. The fourth-order valence-electron chi connectivity index (χ4n) is 1.05. The average Bonchev–Trinajstić information content (AvgIpc) is 2.20. The van der Waals surface area contributed by atoms with Gasteiger partial charge in [-0.15, -0.1) is 0 Å². The third-order valence-electron chi connectivity index (χ3n) is 1.63. The highest BCUT2D eigenvalue weighted by atomic mass is 16.2. The van der Waals surface area contributed by atoms with Gasteiger partial charge in [-0.05, 0) is 24.3 Å². The van der Waals surface area contributed by atoms with Crippen molar-refractivity contribution in [3.8, 4) is 6.19 Å². The lowest BCUT2D eigenvalue weighted by atomic mass is 10.3. The molecule has 0 saturated heterocycles. The third-order valence-corrected chi connectivity index (χ3v) is 1.63. The number of benzene rings is 1. The van der Waals surface area contributed by atoms with Crippen LogP contribution in [0, 0.1) is 11.5 Å². The fraction of sp³-hybridized carbons (Fsp3) is 0.100. The van der Waals surface area contributed by atoms with Gasteiger partial charge in [-0.2, -0.15) is 5.26 Å². The van der Waals surface area contributed by atoms with Crippen LogP contribution in [-0.2, 0) is 4.79 Å². The van der Waals surface area contributed by atoms with E-state index in [9.17, 15) is 9.59 Å². The summed E-state index contributed by atoms with van der Waals surface area (Å²) in [6.45, 7) is 1.41. The van der Waals surface area contributed by atoms with E-state index in [1.807, 2.05) is 5.32 Å². The predicted octanol–water partition coefficient (Wildman–Crippen LogP) is 1.25. The Kier molecular flexibility index (Phi) is 3.86. The lowest BCUT2D eigenvalue weighted by molar-refractivity contribution is -0.114. The molecule has 82 valence electrons. The van der Waals surface area contributed by atoms with Gasteiger partial charge in [0.15, 0.2) is 6.19 Å². The summed E-state index contributed by atoms with van der Waals surface area (Å²) in [5, 5.41) is 15.1. The Hall–Kier alpha value is -2.55. The molecule has 0 aromatic heterocycles. The summed E-state index contributed by atoms with van der Waals surface area (Å²) in [4.78, 5) is 21.7. The Morgan fingerprint density at radius 2 is 1.62 bits per heavy atom. The number of anilines is 2. The largest absolute Gasteiger partial charge is 0.332 e. The molecule has 6 nitrogen and oxygen atoms in total. The molecule has 0 aliphatic rings. The molecule has 16 heavy (non-hydrogen) atoms. The minimum atomic E-state index is -0.602. The monoisotopic (exact) mass is 218 g/mol. The molecular weight excluding hydrogens is 208 g/mol. The molecule has 0 aliphatic heterocycles. The zero-order valence-corrected chi connectivity index (χ0v) is 8.57. The number of hydrogen-bond donors (Lipinski definition) is 3. The van der Waals surface area contributed by atoms with Crippen molar-refractivity contribution in [2.45, 2.75) is 6.92 Å². The molecule has 1 aromatic carbocycles. The maximum absolute atomic E-state index is 11.0. The van der Waals surface area contributed by atoms with E-state index in [0.29, 0.717) is 11.4 Å². The van der Waals surface area contributed by atoms with Crippen LogP contribution in [0.5, 0.6) is 0 Å². The van der Waals surface area contributed by atoms with Crippen LogP contribution in [0.4, 0.5) is 16.2 Å². The highest BCUT2D eigenvalue weighted by Gasteiger charge is 2.00. The zero-order valence-electron chi connectivity index (χ0n) is 8.57. The Balaban J connectivity index is 2.61. The molecule has 0 heterocycles. The first-order chi connectivity index (χ1) is 7.61. The molecular formula is C10H10N4O2. The van der Waals surface area contributed by atoms with Gasteiger partial charge in [-0.25, -0.2) is 10.1 Å². The van der Waals surface area contributed by atoms with E-state index in [4.69, 9.17) is 5.26 Å². The van der Waals surface area contributed by atoms with Crippen LogP contribution < -0.4 is 16.0 Å². The van der Waals surface area contributed by atoms with E-state index in [2.05, 4.69) is 10.6 Å². The number of hydrogen-bond acceptors (Lipinski definition) is 3. The van der Waals surface area contributed by atoms with Gasteiger partial charge in [-0.1, -0.05) is 0 Å². The minimum absolute atomic E-state index is 0.164. The first-order valence-electron chi connectivity index (χ1n) is 4.45. The Morgan fingerprint density at radius 1 is 1.12 bits per heavy atom. The second-order valence-electron chi connectivity index (χ2n) is 2.95. The van der Waals surface area contributed by atoms with Crippen molar-refractivity contribution in [2.75, 3.05) is 10.6 Å². The summed E-state index contributed by atoms with van der Waals surface area (Å²) >= 11 is 0. The highest BCUT2D eigenvalue weighted by molar-refractivity contribution is 5.91. The third kappa shape index (κ3) is 3.67. The van der Waals surface area contributed by atoms with Crippen LogP contribution in [0.2, 0.25) is 0 Å². The van der Waals surface area contributed by atoms with E-state index in [0.717, 1.165) is 0 Å². The number of rotatable bonds is 2. The molecule has 0 fully saturated rings. The van der Waals surface area contributed by atoms with Crippen LogP contribution in [0.1, 0.15) is 6.92 Å². The summed E-state index contributed by atoms with van der Waals surface area (Å²) in [6.07, 6.45) is 1.51. The molecule has 1 aromatic rings. The first-order valence-corrected chi connectivity index (χ1v) is 4.45. The molecule has 0 bridgehead atoms. The second kappa shape index (κ2) is 5.36. The van der Waals surface area contributed by atoms with Crippen LogP contribution in [-0.4, -0.2) is 11.9 Å². The van der Waals surface area contributed by atoms with Gasteiger partial charge in [-0.3, -0.25) is 4.79 Å². The number of amides is 3. The van der Waals surface area contributed by atoms with Crippen molar-refractivity contribution < 1.29 is 9.59 Å². The van der Waals surface area contributed by atoms with Gasteiger partial charge in [0, 0.05) is 18.3 Å². The van der Waals surface area contributed by atoms with Crippen LogP contribution >= 0.6 is 0 Å². The van der Waals surface area contributed by atoms with Gasteiger partial charge in [0.1, 0.15) is 0 Å². The van der Waals surface area contributed by atoms with Crippen LogP contribution in [0.3, 0.4) is 0 Å². The first kappa shape index (κ1) is 11.5. The molecule has 3 amide bonds. The van der Waals surface area contributed by atoms with Gasteiger partial charge < -0.3 is 10.6 Å². The van der Waals surface area contributed by atoms with Crippen molar-refractivity contribution in [2.24, 2.45) is 0 Å². The Labute approximate surface area is 92.3 Å². The molecule has 0 unspecified atom stereocenters. The minimum Gasteiger partial charge on any atom is -0.326 e. The van der Waals surface area contributed by atoms with Gasteiger partial charge in [0.2, 0.25) is 5.91 Å². The molecule has 6 heteroatoms. The van der Waals surface area contributed by atoms with Crippen molar-refractivity contribution in [1.29, 1.82) is 5.26 Å². The standard InChI is InChI=1S/C10H10N4O2/c1-7(15)13-8-2-4-9(5-3-8)14-10(16)12-6-11/h2-5H,1H3,(H,13,15)(H2,12,14,16). The smallest absolute Gasteiger partial charge is 0.326 e. The quantitative estimate of drug-likeness (QED) is 0.515. The van der Waals surface area contributed by atoms with E-state index >= 15 is 0 Å². The molecule has 0 aliphatic carbocycles. The van der Waals surface area contributed by atoms with E-state index in [-0.39, 0.29) is 5.91 Å². The molecule has 0 spiro atoms. The second-order valence-corrected chi connectivity index (χ2v) is 2.95.